The monoisotopic (exact) mass is 257 g/mol. The number of carboxylic acids is 1. The molecule has 0 spiro atoms. The van der Waals surface area contributed by atoms with Crippen LogP contribution in [0.5, 0.6) is 0 Å². The standard InChI is InChI=1S/C10H11NO5S/c1-4-6(2)11-17(14,15)9-5-8(10(12)13)16-7(9)3/h1,5-6,11H,2-3H3,(H,12,13). The van der Waals surface area contributed by atoms with Gasteiger partial charge in [-0.15, -0.1) is 6.42 Å². The predicted molar refractivity (Wildman–Crippen MR) is 59.0 cm³/mol. The van der Waals surface area contributed by atoms with Gasteiger partial charge in [0.15, 0.2) is 0 Å². The second kappa shape index (κ2) is 4.61. The van der Waals surface area contributed by atoms with Crippen LogP contribution in [-0.2, 0) is 10.0 Å². The molecule has 6 nitrogen and oxygen atoms in total. The van der Waals surface area contributed by atoms with E-state index in [0.29, 0.717) is 0 Å². The molecule has 0 amide bonds. The molecule has 1 heterocycles. The fourth-order valence-corrected chi connectivity index (χ4v) is 2.51. The van der Waals surface area contributed by atoms with E-state index in [9.17, 15) is 13.2 Å². The third kappa shape index (κ3) is 2.87. The third-order valence-electron chi connectivity index (χ3n) is 1.95. The molecule has 0 radical (unpaired) electrons. The number of furan rings is 1. The summed E-state index contributed by atoms with van der Waals surface area (Å²) in [5.41, 5.74) is 0. The molecular weight excluding hydrogens is 246 g/mol. The van der Waals surface area contributed by atoms with E-state index in [1.165, 1.54) is 13.8 Å². The molecule has 92 valence electrons. The van der Waals surface area contributed by atoms with Gasteiger partial charge in [0.05, 0.1) is 6.04 Å². The van der Waals surface area contributed by atoms with Gasteiger partial charge in [0, 0.05) is 6.07 Å². The summed E-state index contributed by atoms with van der Waals surface area (Å²) in [5.74, 6) is 0.434. The highest BCUT2D eigenvalue weighted by Gasteiger charge is 2.24. The molecule has 1 unspecified atom stereocenters. The molecule has 0 fully saturated rings. The number of aromatic carboxylic acids is 1. The zero-order chi connectivity index (χ0) is 13.2. The Morgan fingerprint density at radius 3 is 2.65 bits per heavy atom. The fraction of sp³-hybridized carbons (Fsp3) is 0.300. The second-order valence-corrected chi connectivity index (χ2v) is 5.03. The quantitative estimate of drug-likeness (QED) is 0.769. The molecule has 1 aromatic rings. The number of carboxylic acid groups (broad SMARTS) is 1. The van der Waals surface area contributed by atoms with Gasteiger partial charge in [-0.05, 0) is 13.8 Å². The van der Waals surface area contributed by atoms with Crippen molar-refractivity contribution in [1.29, 1.82) is 0 Å². The molecule has 0 bridgehead atoms. The summed E-state index contributed by atoms with van der Waals surface area (Å²) < 4.78 is 30.6. The molecule has 0 saturated carbocycles. The van der Waals surface area contributed by atoms with Crippen molar-refractivity contribution in [2.75, 3.05) is 0 Å². The van der Waals surface area contributed by atoms with Crippen LogP contribution in [0.25, 0.3) is 0 Å². The molecule has 1 rings (SSSR count). The highest BCUT2D eigenvalue weighted by atomic mass is 32.2. The van der Waals surface area contributed by atoms with E-state index in [1.807, 2.05) is 0 Å². The summed E-state index contributed by atoms with van der Waals surface area (Å²) in [7, 11) is -3.86. The van der Waals surface area contributed by atoms with Crippen LogP contribution in [0, 0.1) is 19.3 Å². The highest BCUT2D eigenvalue weighted by molar-refractivity contribution is 7.89. The first-order valence-electron chi connectivity index (χ1n) is 4.60. The molecule has 0 aliphatic rings. The SMILES string of the molecule is C#CC(C)NS(=O)(=O)c1cc(C(=O)O)oc1C. The molecule has 1 aromatic heterocycles. The van der Waals surface area contributed by atoms with Gasteiger partial charge in [0.25, 0.3) is 0 Å². The Hall–Kier alpha value is -1.78. The molecular formula is C10H11NO5S. The number of aryl methyl sites for hydroxylation is 1. The Morgan fingerprint density at radius 2 is 2.24 bits per heavy atom. The minimum atomic E-state index is -3.86. The Morgan fingerprint density at radius 1 is 1.65 bits per heavy atom. The summed E-state index contributed by atoms with van der Waals surface area (Å²) in [6.45, 7) is 2.85. The minimum absolute atomic E-state index is 0.000813. The number of hydrogen-bond acceptors (Lipinski definition) is 4. The van der Waals surface area contributed by atoms with Crippen molar-refractivity contribution in [2.24, 2.45) is 0 Å². The molecule has 7 heteroatoms. The maximum atomic E-state index is 11.8. The average molecular weight is 257 g/mol. The van der Waals surface area contributed by atoms with Gasteiger partial charge in [-0.3, -0.25) is 0 Å². The van der Waals surface area contributed by atoms with Crippen LogP contribution < -0.4 is 4.72 Å². The van der Waals surface area contributed by atoms with Gasteiger partial charge in [-0.2, -0.15) is 4.72 Å². The molecule has 17 heavy (non-hydrogen) atoms. The molecule has 0 aromatic carbocycles. The number of terminal acetylenes is 1. The van der Waals surface area contributed by atoms with Crippen molar-refractivity contribution in [1.82, 2.24) is 4.72 Å². The van der Waals surface area contributed by atoms with Gasteiger partial charge in [-0.25, -0.2) is 13.2 Å². The number of hydrogen-bond donors (Lipinski definition) is 2. The van der Waals surface area contributed by atoms with E-state index in [0.717, 1.165) is 6.07 Å². The summed E-state index contributed by atoms with van der Waals surface area (Å²) in [4.78, 5) is 10.4. The maximum absolute atomic E-state index is 11.8. The van der Waals surface area contributed by atoms with E-state index in [-0.39, 0.29) is 10.7 Å². The summed E-state index contributed by atoms with van der Waals surface area (Å²) >= 11 is 0. The molecule has 0 aliphatic heterocycles. The molecule has 1 atom stereocenters. The molecule has 0 aliphatic carbocycles. The number of sulfonamides is 1. The predicted octanol–water partition coefficient (Wildman–Crippen LogP) is 0.586. The van der Waals surface area contributed by atoms with E-state index < -0.39 is 27.8 Å². The Kier molecular flexibility index (Phi) is 3.60. The topological polar surface area (TPSA) is 96.6 Å². The van der Waals surface area contributed by atoms with Gasteiger partial charge < -0.3 is 9.52 Å². The van der Waals surface area contributed by atoms with E-state index in [1.54, 1.807) is 0 Å². The van der Waals surface area contributed by atoms with Crippen molar-refractivity contribution in [2.45, 2.75) is 24.8 Å². The smallest absolute Gasteiger partial charge is 0.371 e. The second-order valence-electron chi connectivity index (χ2n) is 3.35. The minimum Gasteiger partial charge on any atom is -0.475 e. The van der Waals surface area contributed by atoms with Crippen molar-refractivity contribution < 1.29 is 22.7 Å². The number of rotatable bonds is 4. The third-order valence-corrected chi connectivity index (χ3v) is 3.60. The Labute approximate surface area is 98.7 Å². The van der Waals surface area contributed by atoms with Crippen LogP contribution in [0.3, 0.4) is 0 Å². The molecule has 0 saturated heterocycles. The maximum Gasteiger partial charge on any atom is 0.371 e. The van der Waals surface area contributed by atoms with Crippen LogP contribution >= 0.6 is 0 Å². The van der Waals surface area contributed by atoms with Crippen molar-refractivity contribution in [3.8, 4) is 12.3 Å². The van der Waals surface area contributed by atoms with Crippen LogP contribution in [0.1, 0.15) is 23.2 Å². The van der Waals surface area contributed by atoms with Crippen LogP contribution in [0.15, 0.2) is 15.4 Å². The molecule has 2 N–H and O–H groups in total. The first-order valence-corrected chi connectivity index (χ1v) is 6.08. The first-order chi connectivity index (χ1) is 7.77. The Bertz CT molecular complexity index is 578. The summed E-state index contributed by atoms with van der Waals surface area (Å²) in [6, 6.07) is 0.256. The van der Waals surface area contributed by atoms with Gasteiger partial charge >= 0.3 is 5.97 Å². The normalized spacial score (nSPS) is 13.0. The lowest BCUT2D eigenvalue weighted by atomic mass is 10.4. The zero-order valence-electron chi connectivity index (χ0n) is 9.22. The lowest BCUT2D eigenvalue weighted by Gasteiger charge is -2.07. The zero-order valence-corrected chi connectivity index (χ0v) is 10.0. The van der Waals surface area contributed by atoms with E-state index in [4.69, 9.17) is 15.9 Å². The van der Waals surface area contributed by atoms with E-state index in [2.05, 4.69) is 10.6 Å². The largest absolute Gasteiger partial charge is 0.475 e. The van der Waals surface area contributed by atoms with Crippen molar-refractivity contribution in [3.05, 3.63) is 17.6 Å². The van der Waals surface area contributed by atoms with Crippen LogP contribution in [0.2, 0.25) is 0 Å². The van der Waals surface area contributed by atoms with Crippen LogP contribution in [0.4, 0.5) is 0 Å². The van der Waals surface area contributed by atoms with Gasteiger partial charge in [0.2, 0.25) is 15.8 Å². The van der Waals surface area contributed by atoms with E-state index >= 15 is 0 Å². The number of nitrogens with one attached hydrogen (secondary N) is 1. The van der Waals surface area contributed by atoms with Crippen molar-refractivity contribution in [3.63, 3.8) is 0 Å². The Balaban J connectivity index is 3.17. The highest BCUT2D eigenvalue weighted by Crippen LogP contribution is 2.20. The van der Waals surface area contributed by atoms with Gasteiger partial charge in [-0.1, -0.05) is 5.92 Å². The summed E-state index contributed by atoms with van der Waals surface area (Å²) in [6.07, 6.45) is 5.05. The summed E-state index contributed by atoms with van der Waals surface area (Å²) in [5, 5.41) is 8.68. The lowest BCUT2D eigenvalue weighted by molar-refractivity contribution is 0.0661. The van der Waals surface area contributed by atoms with Crippen molar-refractivity contribution >= 4 is 16.0 Å². The van der Waals surface area contributed by atoms with Gasteiger partial charge in [0.1, 0.15) is 10.7 Å². The lowest BCUT2D eigenvalue weighted by Crippen LogP contribution is -2.31. The van der Waals surface area contributed by atoms with Crippen LogP contribution in [-0.4, -0.2) is 25.5 Å². The first kappa shape index (κ1) is 13.3. The average Bonchev–Trinajstić information content (AvgIpc) is 2.60. The fourth-order valence-electron chi connectivity index (χ4n) is 1.17. The number of carbonyl (C=O) groups is 1.